The second kappa shape index (κ2) is 12.5. The molecule has 0 aliphatic carbocycles. The number of carbonyl (C=O) groups is 2. The molecule has 1 aromatic heterocycles. The molecule has 0 aliphatic rings. The van der Waals surface area contributed by atoms with Crippen molar-refractivity contribution < 1.29 is 28.2 Å². The van der Waals surface area contributed by atoms with Gasteiger partial charge in [-0.25, -0.2) is 4.79 Å². The highest BCUT2D eigenvalue weighted by Gasteiger charge is 2.20. The Kier molecular flexibility index (Phi) is 9.14. The maximum Gasteiger partial charge on any atom is 0.352 e. The third-order valence-electron chi connectivity index (χ3n) is 4.93. The van der Waals surface area contributed by atoms with Gasteiger partial charge in [-0.1, -0.05) is 17.7 Å². The normalized spacial score (nSPS) is 11.8. The van der Waals surface area contributed by atoms with E-state index in [1.807, 2.05) is 13.0 Å². The number of hydrogen-bond acceptors (Lipinski definition) is 7. The van der Waals surface area contributed by atoms with E-state index in [9.17, 15) is 14.9 Å². The number of aryl methyl sites for hydroxylation is 1. The molecule has 0 fully saturated rings. The fourth-order valence-corrected chi connectivity index (χ4v) is 3.36. The lowest BCUT2D eigenvalue weighted by atomic mass is 10.1. The van der Waals surface area contributed by atoms with Crippen LogP contribution in [0.3, 0.4) is 0 Å². The summed E-state index contributed by atoms with van der Waals surface area (Å²) in [6.45, 7) is 5.65. The third kappa shape index (κ3) is 7.14. The second-order valence-corrected chi connectivity index (χ2v) is 8.10. The minimum atomic E-state index is -0.901. The molecule has 0 saturated heterocycles. The summed E-state index contributed by atoms with van der Waals surface area (Å²) in [6, 6.07) is 15.1. The number of halogens is 1. The monoisotopic (exact) mass is 508 g/mol. The zero-order valence-corrected chi connectivity index (χ0v) is 20.8. The Balaban J connectivity index is 1.72. The van der Waals surface area contributed by atoms with E-state index in [1.54, 1.807) is 56.3 Å². The van der Waals surface area contributed by atoms with Crippen LogP contribution in [0.5, 0.6) is 17.2 Å². The van der Waals surface area contributed by atoms with Crippen LogP contribution in [0.4, 0.5) is 0 Å². The number of esters is 1. The Morgan fingerprint density at radius 3 is 2.61 bits per heavy atom. The van der Waals surface area contributed by atoms with Crippen molar-refractivity contribution in [2.24, 2.45) is 0 Å². The summed E-state index contributed by atoms with van der Waals surface area (Å²) in [7, 11) is 0. The van der Waals surface area contributed by atoms with Gasteiger partial charge in [0.15, 0.2) is 17.6 Å². The number of nitrogens with zero attached hydrogens (tertiary/aromatic N) is 1. The Morgan fingerprint density at radius 2 is 1.94 bits per heavy atom. The van der Waals surface area contributed by atoms with Gasteiger partial charge in [0.2, 0.25) is 0 Å². The lowest BCUT2D eigenvalue weighted by Gasteiger charge is -2.17. The molecular formula is C27H25ClN2O6. The standard InChI is InChI=1S/C27H25ClN2O6/c1-4-33-25-14-19(13-20(15-29)26(31)30-16-22-6-5-11-34-22)7-9-24(25)36-27(32)18(3)35-23-10-8-21(28)12-17(23)2/h5-14,18H,4,16H2,1-3H3,(H,30,31)/b20-13+. The molecule has 3 rings (SSSR count). The van der Waals surface area contributed by atoms with E-state index in [2.05, 4.69) is 5.32 Å². The highest BCUT2D eigenvalue weighted by molar-refractivity contribution is 6.30. The first-order valence-corrected chi connectivity index (χ1v) is 11.5. The minimum Gasteiger partial charge on any atom is -0.490 e. The average Bonchev–Trinajstić information content (AvgIpc) is 3.38. The molecule has 0 saturated carbocycles. The fraction of sp³-hybridized carbons (Fsp3) is 0.222. The number of hydrogen-bond donors (Lipinski definition) is 1. The average molecular weight is 509 g/mol. The molecule has 1 unspecified atom stereocenters. The van der Waals surface area contributed by atoms with Crippen LogP contribution in [0.15, 0.2) is 64.8 Å². The summed E-state index contributed by atoms with van der Waals surface area (Å²) < 4.78 is 22.0. The highest BCUT2D eigenvalue weighted by Crippen LogP contribution is 2.30. The summed E-state index contributed by atoms with van der Waals surface area (Å²) in [4.78, 5) is 25.1. The third-order valence-corrected chi connectivity index (χ3v) is 5.17. The lowest BCUT2D eigenvalue weighted by molar-refractivity contribution is -0.141. The van der Waals surface area contributed by atoms with Crippen LogP contribution in [0.2, 0.25) is 5.02 Å². The van der Waals surface area contributed by atoms with Gasteiger partial charge in [0.1, 0.15) is 23.2 Å². The molecule has 2 aromatic carbocycles. The van der Waals surface area contributed by atoms with Crippen molar-refractivity contribution in [3.63, 3.8) is 0 Å². The number of benzene rings is 2. The first kappa shape index (κ1) is 26.4. The number of furan rings is 1. The molecule has 0 aliphatic heterocycles. The van der Waals surface area contributed by atoms with Crippen molar-refractivity contribution >= 4 is 29.6 Å². The molecule has 9 heteroatoms. The van der Waals surface area contributed by atoms with Crippen molar-refractivity contribution in [1.29, 1.82) is 5.26 Å². The summed E-state index contributed by atoms with van der Waals surface area (Å²) in [5.74, 6) is 0.374. The molecule has 1 amide bonds. The summed E-state index contributed by atoms with van der Waals surface area (Å²) in [6.07, 6.45) is 2.01. The zero-order valence-electron chi connectivity index (χ0n) is 20.0. The second-order valence-electron chi connectivity index (χ2n) is 7.66. The van der Waals surface area contributed by atoms with E-state index in [1.165, 1.54) is 18.4 Å². The van der Waals surface area contributed by atoms with Crippen molar-refractivity contribution in [2.45, 2.75) is 33.4 Å². The molecule has 0 radical (unpaired) electrons. The van der Waals surface area contributed by atoms with Gasteiger partial charge < -0.3 is 23.9 Å². The fourth-order valence-electron chi connectivity index (χ4n) is 3.13. The molecule has 3 aromatic rings. The minimum absolute atomic E-state index is 0.103. The van der Waals surface area contributed by atoms with Crippen LogP contribution in [0.1, 0.15) is 30.7 Å². The number of ether oxygens (including phenoxy) is 3. The molecule has 186 valence electrons. The molecule has 1 heterocycles. The Morgan fingerprint density at radius 1 is 1.17 bits per heavy atom. The number of carbonyl (C=O) groups excluding carboxylic acids is 2. The van der Waals surface area contributed by atoms with Crippen LogP contribution in [-0.4, -0.2) is 24.6 Å². The van der Waals surface area contributed by atoms with Crippen LogP contribution >= 0.6 is 11.6 Å². The zero-order chi connectivity index (χ0) is 26.1. The molecule has 0 bridgehead atoms. The smallest absolute Gasteiger partial charge is 0.352 e. The van der Waals surface area contributed by atoms with Crippen LogP contribution in [0, 0.1) is 18.3 Å². The van der Waals surface area contributed by atoms with Gasteiger partial charge in [0.05, 0.1) is 19.4 Å². The molecule has 1 N–H and O–H groups in total. The Labute approximate surface area is 214 Å². The maximum absolute atomic E-state index is 12.7. The van der Waals surface area contributed by atoms with E-state index in [-0.39, 0.29) is 23.6 Å². The highest BCUT2D eigenvalue weighted by atomic mass is 35.5. The van der Waals surface area contributed by atoms with Gasteiger partial charge in [0, 0.05) is 5.02 Å². The Bertz CT molecular complexity index is 1290. The topological polar surface area (TPSA) is 111 Å². The van der Waals surface area contributed by atoms with Crippen molar-refractivity contribution in [1.82, 2.24) is 5.32 Å². The van der Waals surface area contributed by atoms with Crippen LogP contribution in [-0.2, 0) is 16.1 Å². The van der Waals surface area contributed by atoms with E-state index in [0.29, 0.717) is 28.7 Å². The van der Waals surface area contributed by atoms with Gasteiger partial charge >= 0.3 is 5.97 Å². The molecule has 0 spiro atoms. The first-order valence-electron chi connectivity index (χ1n) is 11.1. The van der Waals surface area contributed by atoms with Crippen LogP contribution in [0.25, 0.3) is 6.08 Å². The summed E-state index contributed by atoms with van der Waals surface area (Å²) in [5.41, 5.74) is 1.20. The van der Waals surface area contributed by atoms with E-state index in [4.69, 9.17) is 30.2 Å². The first-order chi connectivity index (χ1) is 17.3. The van der Waals surface area contributed by atoms with Gasteiger partial charge in [-0.05, 0) is 80.4 Å². The van der Waals surface area contributed by atoms with Crippen LogP contribution < -0.4 is 19.5 Å². The number of nitriles is 1. The van der Waals surface area contributed by atoms with Crippen molar-refractivity contribution in [3.8, 4) is 23.3 Å². The van der Waals surface area contributed by atoms with Gasteiger partial charge in [-0.2, -0.15) is 5.26 Å². The van der Waals surface area contributed by atoms with Crippen molar-refractivity contribution in [2.75, 3.05) is 6.61 Å². The SMILES string of the molecule is CCOc1cc(/C=C(\C#N)C(=O)NCc2ccco2)ccc1OC(=O)C(C)Oc1ccc(Cl)cc1C. The number of amides is 1. The largest absolute Gasteiger partial charge is 0.490 e. The van der Waals surface area contributed by atoms with Gasteiger partial charge in [0.25, 0.3) is 5.91 Å². The lowest BCUT2D eigenvalue weighted by Crippen LogP contribution is -2.28. The molecule has 36 heavy (non-hydrogen) atoms. The molecule has 1 atom stereocenters. The van der Waals surface area contributed by atoms with E-state index in [0.717, 1.165) is 5.56 Å². The molecule has 8 nitrogen and oxygen atoms in total. The van der Waals surface area contributed by atoms with Crippen molar-refractivity contribution in [3.05, 3.63) is 82.3 Å². The molecular weight excluding hydrogens is 484 g/mol. The summed E-state index contributed by atoms with van der Waals surface area (Å²) in [5, 5.41) is 12.7. The van der Waals surface area contributed by atoms with E-state index >= 15 is 0 Å². The summed E-state index contributed by atoms with van der Waals surface area (Å²) >= 11 is 5.97. The number of rotatable bonds is 10. The number of nitrogens with one attached hydrogen (secondary N) is 1. The Hall–Kier alpha value is -4.22. The van der Waals surface area contributed by atoms with Gasteiger partial charge in [-0.15, -0.1) is 0 Å². The maximum atomic E-state index is 12.7. The predicted molar refractivity (Wildman–Crippen MR) is 134 cm³/mol. The predicted octanol–water partition coefficient (Wildman–Crippen LogP) is 5.24. The quantitative estimate of drug-likeness (QED) is 0.172. The van der Waals surface area contributed by atoms with E-state index < -0.39 is 18.0 Å². The van der Waals surface area contributed by atoms with Gasteiger partial charge in [-0.3, -0.25) is 4.79 Å².